The highest BCUT2D eigenvalue weighted by molar-refractivity contribution is 9.10. The van der Waals surface area contributed by atoms with Crippen molar-refractivity contribution in [2.24, 2.45) is 5.10 Å². The lowest BCUT2D eigenvalue weighted by molar-refractivity contribution is -0.139. The van der Waals surface area contributed by atoms with E-state index in [9.17, 15) is 9.59 Å². The molecule has 1 saturated heterocycles. The van der Waals surface area contributed by atoms with E-state index in [4.69, 9.17) is 14.2 Å². The van der Waals surface area contributed by atoms with E-state index in [2.05, 4.69) is 31.8 Å². The Hall–Kier alpha value is -2.13. The van der Waals surface area contributed by atoms with Gasteiger partial charge in [-0.15, -0.1) is 0 Å². The molecule has 9 heteroatoms. The molecule has 0 aliphatic carbocycles. The number of ether oxygens (including phenoxy) is 3. The average molecular weight is 414 g/mol. The molecule has 0 radical (unpaired) electrons. The zero-order valence-corrected chi connectivity index (χ0v) is 15.6. The fourth-order valence-corrected chi connectivity index (χ4v) is 2.70. The van der Waals surface area contributed by atoms with Crippen molar-refractivity contribution >= 4 is 34.0 Å². The lowest BCUT2D eigenvalue weighted by Crippen LogP contribution is -2.41. The Morgan fingerprint density at radius 1 is 1.32 bits per heavy atom. The van der Waals surface area contributed by atoms with Gasteiger partial charge in [-0.25, -0.2) is 5.43 Å². The normalized spacial score (nSPS) is 16.7. The lowest BCUT2D eigenvalue weighted by Gasteiger charge is -2.10. The first-order chi connectivity index (χ1) is 12.0. The maximum absolute atomic E-state index is 11.7. The molecule has 1 heterocycles. The van der Waals surface area contributed by atoms with Gasteiger partial charge in [0.15, 0.2) is 11.5 Å². The van der Waals surface area contributed by atoms with Crippen LogP contribution in [-0.4, -0.2) is 51.5 Å². The zero-order valence-electron chi connectivity index (χ0n) is 14.0. The molecule has 1 aromatic rings. The Morgan fingerprint density at radius 2 is 2.04 bits per heavy atom. The predicted molar refractivity (Wildman–Crippen MR) is 95.0 cm³/mol. The van der Waals surface area contributed by atoms with Crippen LogP contribution in [0.2, 0.25) is 0 Å². The molecule has 0 unspecified atom stereocenters. The van der Waals surface area contributed by atoms with E-state index in [1.54, 1.807) is 12.1 Å². The van der Waals surface area contributed by atoms with Crippen molar-refractivity contribution in [2.45, 2.75) is 18.9 Å². The molecule has 0 aromatic heterocycles. The van der Waals surface area contributed by atoms with Gasteiger partial charge < -0.3 is 19.5 Å². The summed E-state index contributed by atoms with van der Waals surface area (Å²) in [6.45, 7) is 1.01. The number of benzene rings is 1. The number of nitrogens with zero attached hydrogens (tertiary/aromatic N) is 1. The Balaban J connectivity index is 1.88. The molecule has 1 fully saturated rings. The number of hydrogen-bond acceptors (Lipinski definition) is 6. The van der Waals surface area contributed by atoms with Crippen molar-refractivity contribution in [3.63, 3.8) is 0 Å². The second-order valence-corrected chi connectivity index (χ2v) is 6.13. The quantitative estimate of drug-likeness (QED) is 0.414. The second kappa shape index (κ2) is 9.38. The third kappa shape index (κ3) is 5.43. The van der Waals surface area contributed by atoms with Gasteiger partial charge in [0.1, 0.15) is 0 Å². The summed E-state index contributed by atoms with van der Waals surface area (Å²) in [5.41, 5.74) is 2.84. The van der Waals surface area contributed by atoms with E-state index >= 15 is 0 Å². The summed E-state index contributed by atoms with van der Waals surface area (Å²) >= 11 is 3.38. The van der Waals surface area contributed by atoms with Crippen molar-refractivity contribution in [3.05, 3.63) is 22.2 Å². The minimum Gasteiger partial charge on any atom is -0.493 e. The van der Waals surface area contributed by atoms with E-state index in [-0.39, 0.29) is 6.10 Å². The summed E-state index contributed by atoms with van der Waals surface area (Å²) in [6, 6.07) is 3.41. The van der Waals surface area contributed by atoms with E-state index in [0.717, 1.165) is 12.8 Å². The fraction of sp³-hybridized carbons (Fsp3) is 0.438. The van der Waals surface area contributed by atoms with E-state index in [1.807, 2.05) is 0 Å². The van der Waals surface area contributed by atoms with Gasteiger partial charge in [0, 0.05) is 23.2 Å². The van der Waals surface area contributed by atoms with Crippen LogP contribution >= 0.6 is 15.9 Å². The topological polar surface area (TPSA) is 98.2 Å². The molecule has 1 atom stereocenters. The molecule has 0 saturated carbocycles. The molecule has 25 heavy (non-hydrogen) atoms. The van der Waals surface area contributed by atoms with Crippen LogP contribution in [0.5, 0.6) is 11.5 Å². The Kier molecular flexibility index (Phi) is 7.20. The smallest absolute Gasteiger partial charge is 0.329 e. The summed E-state index contributed by atoms with van der Waals surface area (Å²) in [5, 5.41) is 6.31. The predicted octanol–water partition coefficient (Wildman–Crippen LogP) is 1.21. The Bertz CT molecular complexity index is 659. The summed E-state index contributed by atoms with van der Waals surface area (Å²) in [7, 11) is 3.06. The summed E-state index contributed by atoms with van der Waals surface area (Å²) < 4.78 is 16.5. The van der Waals surface area contributed by atoms with Crippen LogP contribution in [0.1, 0.15) is 18.4 Å². The van der Waals surface area contributed by atoms with Gasteiger partial charge in [-0.1, -0.05) is 0 Å². The van der Waals surface area contributed by atoms with Crippen molar-refractivity contribution in [3.8, 4) is 11.5 Å². The minimum atomic E-state index is -0.842. The highest BCUT2D eigenvalue weighted by Crippen LogP contribution is 2.32. The number of rotatable bonds is 6. The molecule has 2 rings (SSSR count). The average Bonchev–Trinajstić information content (AvgIpc) is 3.13. The molecule has 8 nitrogen and oxygen atoms in total. The highest BCUT2D eigenvalue weighted by atomic mass is 79.9. The summed E-state index contributed by atoms with van der Waals surface area (Å²) in [4.78, 5) is 23.4. The third-order valence-corrected chi connectivity index (χ3v) is 4.28. The van der Waals surface area contributed by atoms with Gasteiger partial charge in [0.25, 0.3) is 0 Å². The molecule has 2 amide bonds. The van der Waals surface area contributed by atoms with Crippen molar-refractivity contribution in [1.82, 2.24) is 10.7 Å². The van der Waals surface area contributed by atoms with Crippen LogP contribution in [0.4, 0.5) is 0 Å². The molecule has 1 aliphatic heterocycles. The number of methoxy groups -OCH3 is 2. The first-order valence-electron chi connectivity index (χ1n) is 7.69. The van der Waals surface area contributed by atoms with Gasteiger partial charge in [-0.3, -0.25) is 9.59 Å². The number of nitrogens with one attached hydrogen (secondary N) is 2. The van der Waals surface area contributed by atoms with E-state index < -0.39 is 11.8 Å². The standard InChI is InChI=1S/C16H20BrN3O5/c1-23-13-6-10(12(17)7-14(13)24-2)8-19-20-16(22)15(21)18-9-11-4-3-5-25-11/h6-8,11H,3-5,9H2,1-2H3,(H,18,21)(H,20,22)/b19-8-/t11-/m1/s1. The molecule has 0 spiro atoms. The highest BCUT2D eigenvalue weighted by Gasteiger charge is 2.19. The Morgan fingerprint density at radius 3 is 2.68 bits per heavy atom. The summed E-state index contributed by atoms with van der Waals surface area (Å²) in [5.74, 6) is -0.512. The molecule has 1 aliphatic rings. The number of amides is 2. The summed E-state index contributed by atoms with van der Waals surface area (Å²) in [6.07, 6.45) is 3.23. The largest absolute Gasteiger partial charge is 0.493 e. The first-order valence-corrected chi connectivity index (χ1v) is 8.48. The van der Waals surface area contributed by atoms with Crippen molar-refractivity contribution in [2.75, 3.05) is 27.4 Å². The van der Waals surface area contributed by atoms with Crippen LogP contribution < -0.4 is 20.2 Å². The van der Waals surface area contributed by atoms with Gasteiger partial charge in [0.05, 0.1) is 26.5 Å². The zero-order chi connectivity index (χ0) is 18.2. The van der Waals surface area contributed by atoms with Gasteiger partial charge in [-0.05, 0) is 40.9 Å². The van der Waals surface area contributed by atoms with Crippen LogP contribution in [0.25, 0.3) is 0 Å². The second-order valence-electron chi connectivity index (χ2n) is 5.27. The first kappa shape index (κ1) is 19.2. The van der Waals surface area contributed by atoms with Crippen molar-refractivity contribution < 1.29 is 23.8 Å². The number of hydrogen-bond donors (Lipinski definition) is 2. The maximum atomic E-state index is 11.7. The lowest BCUT2D eigenvalue weighted by atomic mass is 10.2. The minimum absolute atomic E-state index is 0.0250. The third-order valence-electron chi connectivity index (χ3n) is 3.59. The molecule has 1 aromatic carbocycles. The molecule has 0 bridgehead atoms. The number of halogens is 1. The van der Waals surface area contributed by atoms with Gasteiger partial charge >= 0.3 is 11.8 Å². The monoisotopic (exact) mass is 413 g/mol. The van der Waals surface area contributed by atoms with Gasteiger partial charge in [0.2, 0.25) is 0 Å². The van der Waals surface area contributed by atoms with Crippen LogP contribution in [0.15, 0.2) is 21.7 Å². The number of carbonyl (C=O) groups is 2. The molecular weight excluding hydrogens is 394 g/mol. The molecule has 2 N–H and O–H groups in total. The van der Waals surface area contributed by atoms with Gasteiger partial charge in [-0.2, -0.15) is 5.10 Å². The number of carbonyl (C=O) groups excluding carboxylic acids is 2. The van der Waals surface area contributed by atoms with Crippen LogP contribution in [0, 0.1) is 0 Å². The van der Waals surface area contributed by atoms with Crippen LogP contribution in [0.3, 0.4) is 0 Å². The molecule has 136 valence electrons. The SMILES string of the molecule is COc1cc(Br)c(/C=N\NC(=O)C(=O)NC[C@H]2CCCO2)cc1OC. The molecular formula is C16H20BrN3O5. The van der Waals surface area contributed by atoms with E-state index in [0.29, 0.717) is 34.7 Å². The number of hydrazone groups is 1. The maximum Gasteiger partial charge on any atom is 0.329 e. The Labute approximate surface area is 154 Å². The van der Waals surface area contributed by atoms with E-state index in [1.165, 1.54) is 20.4 Å². The van der Waals surface area contributed by atoms with Crippen molar-refractivity contribution in [1.29, 1.82) is 0 Å². The fourth-order valence-electron chi connectivity index (χ4n) is 2.27. The van der Waals surface area contributed by atoms with Crippen LogP contribution in [-0.2, 0) is 14.3 Å².